The fourth-order valence-corrected chi connectivity index (χ4v) is 2.38. The van der Waals surface area contributed by atoms with Crippen LogP contribution in [0.25, 0.3) is 0 Å². The summed E-state index contributed by atoms with van der Waals surface area (Å²) in [7, 11) is 2.09. The lowest BCUT2D eigenvalue weighted by Crippen LogP contribution is -2.20. The van der Waals surface area contributed by atoms with Gasteiger partial charge in [-0.05, 0) is 43.7 Å². The van der Waals surface area contributed by atoms with Crippen molar-refractivity contribution in [3.8, 4) is 0 Å². The van der Waals surface area contributed by atoms with Gasteiger partial charge in [0, 0.05) is 25.8 Å². The highest BCUT2D eigenvalue weighted by molar-refractivity contribution is 5.42. The summed E-state index contributed by atoms with van der Waals surface area (Å²) in [6.07, 6.45) is 1.89. The van der Waals surface area contributed by atoms with Crippen LogP contribution in [-0.2, 0) is 6.54 Å². The first-order valence-electron chi connectivity index (χ1n) is 7.56. The lowest BCUT2D eigenvalue weighted by Gasteiger charge is -2.20. The number of hydrogen-bond donors (Lipinski definition) is 1. The molecule has 1 unspecified atom stereocenters. The second kappa shape index (κ2) is 7.23. The van der Waals surface area contributed by atoms with Gasteiger partial charge in [0.25, 0.3) is 0 Å². The maximum Gasteiger partial charge on any atom is 0.128 e. The van der Waals surface area contributed by atoms with E-state index in [1.807, 2.05) is 6.20 Å². The summed E-state index contributed by atoms with van der Waals surface area (Å²) in [5.41, 5.74) is 3.87. The Labute approximate surface area is 128 Å². The number of pyridine rings is 1. The van der Waals surface area contributed by atoms with Crippen molar-refractivity contribution in [1.29, 1.82) is 0 Å². The number of anilines is 1. The molecule has 0 aliphatic carbocycles. The van der Waals surface area contributed by atoms with E-state index in [0.29, 0.717) is 6.04 Å². The third-order valence-corrected chi connectivity index (χ3v) is 3.71. The first kappa shape index (κ1) is 15.5. The molecule has 1 aromatic carbocycles. The first-order chi connectivity index (χ1) is 10.1. The molecule has 0 aliphatic rings. The van der Waals surface area contributed by atoms with Gasteiger partial charge in [0.1, 0.15) is 5.82 Å². The normalized spacial score (nSPS) is 12.2. The summed E-state index contributed by atoms with van der Waals surface area (Å²) in [5, 5.41) is 3.44. The molecule has 1 aromatic heterocycles. The van der Waals surface area contributed by atoms with Gasteiger partial charge in [-0.15, -0.1) is 0 Å². The number of nitrogens with one attached hydrogen (secondary N) is 1. The summed E-state index contributed by atoms with van der Waals surface area (Å²) < 4.78 is 0. The second-order valence-corrected chi connectivity index (χ2v) is 5.57. The van der Waals surface area contributed by atoms with Crippen molar-refractivity contribution in [1.82, 2.24) is 10.3 Å². The summed E-state index contributed by atoms with van der Waals surface area (Å²) in [6.45, 7) is 8.26. The smallest absolute Gasteiger partial charge is 0.128 e. The van der Waals surface area contributed by atoms with Crippen LogP contribution in [0, 0.1) is 6.92 Å². The number of nitrogens with zero attached hydrogens (tertiary/aromatic N) is 2. The zero-order chi connectivity index (χ0) is 15.2. The Morgan fingerprint density at radius 3 is 2.57 bits per heavy atom. The van der Waals surface area contributed by atoms with Crippen molar-refractivity contribution in [2.45, 2.75) is 33.4 Å². The Kier molecular flexibility index (Phi) is 5.34. The lowest BCUT2D eigenvalue weighted by atomic mass is 10.1. The number of hydrogen-bond acceptors (Lipinski definition) is 3. The van der Waals surface area contributed by atoms with E-state index in [0.717, 1.165) is 18.9 Å². The Balaban J connectivity index is 2.10. The van der Waals surface area contributed by atoms with Gasteiger partial charge in [-0.2, -0.15) is 0 Å². The third-order valence-electron chi connectivity index (χ3n) is 3.71. The van der Waals surface area contributed by atoms with Gasteiger partial charge in [0.2, 0.25) is 0 Å². The van der Waals surface area contributed by atoms with Crippen molar-refractivity contribution in [2.75, 3.05) is 18.5 Å². The van der Waals surface area contributed by atoms with Crippen LogP contribution >= 0.6 is 0 Å². The van der Waals surface area contributed by atoms with E-state index in [-0.39, 0.29) is 0 Å². The summed E-state index contributed by atoms with van der Waals surface area (Å²) >= 11 is 0. The van der Waals surface area contributed by atoms with Crippen LogP contribution in [0.15, 0.2) is 42.6 Å². The molecule has 0 spiro atoms. The van der Waals surface area contributed by atoms with E-state index in [1.165, 1.54) is 16.7 Å². The SMILES string of the molecule is CCNC(C)c1ccnc(N(C)Cc2ccc(C)cc2)c1. The Morgan fingerprint density at radius 1 is 1.19 bits per heavy atom. The molecule has 2 aromatic rings. The highest BCUT2D eigenvalue weighted by atomic mass is 15.2. The fraction of sp³-hybridized carbons (Fsp3) is 0.389. The molecule has 3 heteroatoms. The minimum absolute atomic E-state index is 0.351. The molecule has 112 valence electrons. The molecule has 1 atom stereocenters. The highest BCUT2D eigenvalue weighted by Gasteiger charge is 2.08. The largest absolute Gasteiger partial charge is 0.355 e. The zero-order valence-corrected chi connectivity index (χ0v) is 13.4. The maximum atomic E-state index is 4.49. The molecule has 0 amide bonds. The van der Waals surface area contributed by atoms with Crippen LogP contribution in [0.5, 0.6) is 0 Å². The Hall–Kier alpha value is -1.87. The molecule has 1 heterocycles. The minimum atomic E-state index is 0.351. The van der Waals surface area contributed by atoms with Gasteiger partial charge in [-0.3, -0.25) is 0 Å². The van der Waals surface area contributed by atoms with Gasteiger partial charge in [0.15, 0.2) is 0 Å². The molecule has 0 aliphatic heterocycles. The van der Waals surface area contributed by atoms with E-state index in [9.17, 15) is 0 Å². The van der Waals surface area contributed by atoms with E-state index < -0.39 is 0 Å². The highest BCUT2D eigenvalue weighted by Crippen LogP contribution is 2.19. The predicted octanol–water partition coefficient (Wildman–Crippen LogP) is 3.70. The van der Waals surface area contributed by atoms with Crippen molar-refractivity contribution in [2.24, 2.45) is 0 Å². The molecule has 0 fully saturated rings. The molecule has 0 radical (unpaired) electrons. The molecule has 0 saturated carbocycles. The zero-order valence-electron chi connectivity index (χ0n) is 13.4. The minimum Gasteiger partial charge on any atom is -0.355 e. The maximum absolute atomic E-state index is 4.49. The molecule has 0 bridgehead atoms. The van der Waals surface area contributed by atoms with Gasteiger partial charge < -0.3 is 10.2 Å². The van der Waals surface area contributed by atoms with Crippen molar-refractivity contribution in [3.05, 3.63) is 59.3 Å². The van der Waals surface area contributed by atoms with E-state index in [4.69, 9.17) is 0 Å². The van der Waals surface area contributed by atoms with Gasteiger partial charge >= 0.3 is 0 Å². The van der Waals surface area contributed by atoms with Crippen LogP contribution in [0.1, 0.15) is 36.6 Å². The lowest BCUT2D eigenvalue weighted by molar-refractivity contribution is 0.597. The third kappa shape index (κ3) is 4.30. The predicted molar refractivity (Wildman–Crippen MR) is 89.6 cm³/mol. The van der Waals surface area contributed by atoms with Crippen LogP contribution in [0.3, 0.4) is 0 Å². The van der Waals surface area contributed by atoms with Crippen LogP contribution in [0.2, 0.25) is 0 Å². The average molecular weight is 283 g/mol. The van der Waals surface area contributed by atoms with Crippen LogP contribution < -0.4 is 10.2 Å². The van der Waals surface area contributed by atoms with Crippen molar-refractivity contribution in [3.63, 3.8) is 0 Å². The standard InChI is InChI=1S/C18H25N3/c1-5-19-15(3)17-10-11-20-18(12-17)21(4)13-16-8-6-14(2)7-9-16/h6-12,15,19H,5,13H2,1-4H3. The van der Waals surface area contributed by atoms with Crippen molar-refractivity contribution >= 4 is 5.82 Å². The average Bonchev–Trinajstić information content (AvgIpc) is 2.50. The second-order valence-electron chi connectivity index (χ2n) is 5.57. The molecule has 2 rings (SSSR count). The molecule has 3 nitrogen and oxygen atoms in total. The van der Waals surface area contributed by atoms with Crippen LogP contribution in [-0.4, -0.2) is 18.6 Å². The van der Waals surface area contributed by atoms with Crippen LogP contribution in [0.4, 0.5) is 5.82 Å². The molecular weight excluding hydrogens is 258 g/mol. The van der Waals surface area contributed by atoms with Crippen molar-refractivity contribution < 1.29 is 0 Å². The summed E-state index contributed by atoms with van der Waals surface area (Å²) in [4.78, 5) is 6.68. The van der Waals surface area contributed by atoms with E-state index in [2.05, 4.69) is 79.4 Å². The molecule has 21 heavy (non-hydrogen) atoms. The topological polar surface area (TPSA) is 28.2 Å². The number of aromatic nitrogens is 1. The van der Waals surface area contributed by atoms with Gasteiger partial charge in [-0.25, -0.2) is 4.98 Å². The fourth-order valence-electron chi connectivity index (χ4n) is 2.38. The van der Waals surface area contributed by atoms with Gasteiger partial charge in [0.05, 0.1) is 0 Å². The molecule has 0 saturated heterocycles. The van der Waals surface area contributed by atoms with Gasteiger partial charge in [-0.1, -0.05) is 36.8 Å². The summed E-state index contributed by atoms with van der Waals surface area (Å²) in [6, 6.07) is 13.3. The summed E-state index contributed by atoms with van der Waals surface area (Å²) in [5.74, 6) is 1.01. The monoisotopic (exact) mass is 283 g/mol. The molecular formula is C18H25N3. The van der Waals surface area contributed by atoms with E-state index in [1.54, 1.807) is 0 Å². The number of benzene rings is 1. The van der Waals surface area contributed by atoms with E-state index >= 15 is 0 Å². The number of aryl methyl sites for hydroxylation is 1. The Morgan fingerprint density at radius 2 is 1.90 bits per heavy atom. The quantitative estimate of drug-likeness (QED) is 0.876. The molecule has 1 N–H and O–H groups in total. The first-order valence-corrected chi connectivity index (χ1v) is 7.56. The number of rotatable bonds is 6. The Bertz CT molecular complexity index is 563.